The van der Waals surface area contributed by atoms with Gasteiger partial charge in [0, 0.05) is 0 Å². The molecule has 0 bridgehead atoms. The zero-order chi connectivity index (χ0) is 22.2. The topological polar surface area (TPSA) is 0 Å². The van der Waals surface area contributed by atoms with Crippen LogP contribution in [0.2, 0.25) is 0 Å². The molecule has 0 amide bonds. The maximum absolute atomic E-state index is 2.55. The second-order valence-corrected chi connectivity index (χ2v) is 10.7. The van der Waals surface area contributed by atoms with Gasteiger partial charge in [-0.05, 0) is 61.1 Å². The highest BCUT2D eigenvalue weighted by Gasteiger charge is 2.34. The van der Waals surface area contributed by atoms with E-state index in [4.69, 9.17) is 0 Å². The third-order valence-electron chi connectivity index (χ3n) is 8.00. The molecule has 178 valence electrons. The van der Waals surface area contributed by atoms with Gasteiger partial charge >= 0.3 is 0 Å². The molecular weight excluding hydrogens is 372 g/mol. The van der Waals surface area contributed by atoms with E-state index in [2.05, 4.69) is 39.0 Å². The van der Waals surface area contributed by atoms with E-state index in [0.717, 1.165) is 0 Å². The second kappa shape index (κ2) is 15.9. The largest absolute Gasteiger partial charge is 0.0654 e. The summed E-state index contributed by atoms with van der Waals surface area (Å²) in [7, 11) is 0. The Morgan fingerprint density at radius 1 is 0.645 bits per heavy atom. The Morgan fingerprint density at radius 2 is 1.19 bits per heavy atom. The van der Waals surface area contributed by atoms with Crippen molar-refractivity contribution in [2.45, 2.75) is 161 Å². The molecule has 1 saturated carbocycles. The predicted octanol–water partition coefficient (Wildman–Crippen LogP) is 10.6. The van der Waals surface area contributed by atoms with Crippen molar-refractivity contribution >= 4 is 0 Å². The van der Waals surface area contributed by atoms with Crippen molar-refractivity contribution < 1.29 is 0 Å². The molecule has 0 unspecified atom stereocenters. The van der Waals surface area contributed by atoms with Gasteiger partial charge in [-0.3, -0.25) is 0 Å². The number of aryl methyl sites for hydroxylation is 2. The van der Waals surface area contributed by atoms with Crippen LogP contribution >= 0.6 is 0 Å². The van der Waals surface area contributed by atoms with Crippen LogP contribution in [0.1, 0.15) is 159 Å². The monoisotopic (exact) mass is 426 g/mol. The maximum atomic E-state index is 2.55. The van der Waals surface area contributed by atoms with Crippen LogP contribution in [0, 0.1) is 6.92 Å². The van der Waals surface area contributed by atoms with Gasteiger partial charge in [0.2, 0.25) is 0 Å². The minimum atomic E-state index is 0.490. The predicted molar refractivity (Wildman–Crippen MR) is 140 cm³/mol. The first-order valence-corrected chi connectivity index (χ1v) is 14.3. The highest BCUT2D eigenvalue weighted by Crippen LogP contribution is 2.44. The first-order chi connectivity index (χ1) is 15.2. The molecule has 0 saturated heterocycles. The molecule has 0 N–H and O–H groups in total. The molecule has 1 aromatic carbocycles. The van der Waals surface area contributed by atoms with Crippen molar-refractivity contribution in [1.29, 1.82) is 0 Å². The summed E-state index contributed by atoms with van der Waals surface area (Å²) in [6.45, 7) is 7.03. The highest BCUT2D eigenvalue weighted by atomic mass is 14.4. The highest BCUT2D eigenvalue weighted by molar-refractivity contribution is 5.37. The number of benzene rings is 1. The van der Waals surface area contributed by atoms with Crippen molar-refractivity contribution in [2.75, 3.05) is 0 Å². The van der Waals surface area contributed by atoms with E-state index in [0.29, 0.717) is 5.41 Å². The van der Waals surface area contributed by atoms with Crippen LogP contribution in [0.25, 0.3) is 0 Å². The van der Waals surface area contributed by atoms with E-state index in [1.54, 1.807) is 16.7 Å². The zero-order valence-corrected chi connectivity index (χ0v) is 21.6. The van der Waals surface area contributed by atoms with Gasteiger partial charge in [0.1, 0.15) is 0 Å². The minimum absolute atomic E-state index is 0.490. The fraction of sp³-hybridized carbons (Fsp3) is 0.806. The Kier molecular flexibility index (Phi) is 13.6. The van der Waals surface area contributed by atoms with Gasteiger partial charge in [0.25, 0.3) is 0 Å². The van der Waals surface area contributed by atoms with Crippen molar-refractivity contribution in [2.24, 2.45) is 0 Å². The van der Waals surface area contributed by atoms with Crippen LogP contribution in [0.4, 0.5) is 0 Å². The Balaban J connectivity index is 1.84. The maximum Gasteiger partial charge on any atom is -0.00443 e. The molecule has 1 fully saturated rings. The number of rotatable bonds is 17. The Hall–Kier alpha value is -0.780. The van der Waals surface area contributed by atoms with Gasteiger partial charge in [-0.1, -0.05) is 135 Å². The molecule has 0 heteroatoms. The third kappa shape index (κ3) is 9.71. The van der Waals surface area contributed by atoms with Gasteiger partial charge in [-0.25, -0.2) is 0 Å². The summed E-state index contributed by atoms with van der Waals surface area (Å²) in [6.07, 6.45) is 29.8. The fourth-order valence-electron chi connectivity index (χ4n) is 6.07. The SMILES string of the molecule is CCCCCCCCCc1ccc(C2(CCCCCCCCC)CCCCC2)c(C)c1. The molecule has 0 spiro atoms. The average Bonchev–Trinajstić information content (AvgIpc) is 2.78. The number of hydrogen-bond acceptors (Lipinski definition) is 0. The first kappa shape index (κ1) is 26.5. The van der Waals surface area contributed by atoms with Gasteiger partial charge < -0.3 is 0 Å². The third-order valence-corrected chi connectivity index (χ3v) is 8.00. The Morgan fingerprint density at radius 3 is 1.77 bits per heavy atom. The summed E-state index contributed by atoms with van der Waals surface area (Å²) in [6, 6.07) is 7.59. The summed E-state index contributed by atoms with van der Waals surface area (Å²) in [5.41, 5.74) is 5.37. The number of unbranched alkanes of at least 4 members (excludes halogenated alkanes) is 12. The average molecular weight is 427 g/mol. The van der Waals surface area contributed by atoms with Crippen molar-refractivity contribution in [3.63, 3.8) is 0 Å². The number of hydrogen-bond donors (Lipinski definition) is 0. The molecular formula is C31H54. The lowest BCUT2D eigenvalue weighted by molar-refractivity contribution is 0.264. The summed E-state index contributed by atoms with van der Waals surface area (Å²) >= 11 is 0. The molecule has 31 heavy (non-hydrogen) atoms. The first-order valence-electron chi connectivity index (χ1n) is 14.3. The lowest BCUT2D eigenvalue weighted by Crippen LogP contribution is -2.30. The molecule has 2 rings (SSSR count). The molecule has 0 radical (unpaired) electrons. The normalized spacial score (nSPS) is 16.0. The van der Waals surface area contributed by atoms with E-state index in [1.165, 1.54) is 135 Å². The molecule has 1 aromatic rings. The lowest BCUT2D eigenvalue weighted by Gasteiger charge is -2.39. The molecule has 0 atom stereocenters. The van der Waals surface area contributed by atoms with Crippen LogP contribution in [0.3, 0.4) is 0 Å². The van der Waals surface area contributed by atoms with Gasteiger partial charge in [0.15, 0.2) is 0 Å². The zero-order valence-electron chi connectivity index (χ0n) is 21.6. The standard InChI is InChI=1S/C31H54/c1-4-6-8-10-12-14-17-21-29-22-23-30(28(3)27-29)31(25-19-16-20-26-31)24-18-15-13-11-9-7-5-2/h22-23,27H,4-21,24-26H2,1-3H3. The van der Waals surface area contributed by atoms with Crippen LogP contribution < -0.4 is 0 Å². The summed E-state index contributed by atoms with van der Waals surface area (Å²) in [4.78, 5) is 0. The molecule has 0 aromatic heterocycles. The van der Waals surface area contributed by atoms with Gasteiger partial charge in [0.05, 0.1) is 0 Å². The Bertz CT molecular complexity index is 563. The fourth-order valence-corrected chi connectivity index (χ4v) is 6.07. The lowest BCUT2D eigenvalue weighted by atomic mass is 9.65. The van der Waals surface area contributed by atoms with Crippen LogP contribution in [-0.2, 0) is 11.8 Å². The van der Waals surface area contributed by atoms with Crippen LogP contribution in [0.15, 0.2) is 18.2 Å². The van der Waals surface area contributed by atoms with Crippen molar-refractivity contribution in [1.82, 2.24) is 0 Å². The summed E-state index contributed by atoms with van der Waals surface area (Å²) < 4.78 is 0. The molecule has 1 aliphatic rings. The quantitative estimate of drug-likeness (QED) is 0.217. The molecule has 0 nitrogen and oxygen atoms in total. The smallest absolute Gasteiger partial charge is 0.00443 e. The van der Waals surface area contributed by atoms with E-state index in [9.17, 15) is 0 Å². The molecule has 1 aliphatic carbocycles. The van der Waals surface area contributed by atoms with Gasteiger partial charge in [-0.15, -0.1) is 0 Å². The van der Waals surface area contributed by atoms with E-state index in [1.807, 2.05) is 0 Å². The van der Waals surface area contributed by atoms with Crippen molar-refractivity contribution in [3.05, 3.63) is 34.9 Å². The van der Waals surface area contributed by atoms with Crippen molar-refractivity contribution in [3.8, 4) is 0 Å². The van der Waals surface area contributed by atoms with Crippen LogP contribution in [-0.4, -0.2) is 0 Å². The van der Waals surface area contributed by atoms with Gasteiger partial charge in [-0.2, -0.15) is 0 Å². The summed E-state index contributed by atoms with van der Waals surface area (Å²) in [5.74, 6) is 0. The minimum Gasteiger partial charge on any atom is -0.0654 e. The second-order valence-electron chi connectivity index (χ2n) is 10.7. The molecule has 0 aliphatic heterocycles. The molecule has 0 heterocycles. The summed E-state index contributed by atoms with van der Waals surface area (Å²) in [5, 5.41) is 0. The van der Waals surface area contributed by atoms with E-state index < -0.39 is 0 Å². The van der Waals surface area contributed by atoms with Crippen LogP contribution in [0.5, 0.6) is 0 Å². The van der Waals surface area contributed by atoms with E-state index >= 15 is 0 Å². The Labute approximate surface area is 196 Å². The van der Waals surface area contributed by atoms with E-state index in [-0.39, 0.29) is 0 Å².